The molecule has 0 radical (unpaired) electrons. The number of halogens is 1. The maximum atomic E-state index is 12.6. The van der Waals surface area contributed by atoms with E-state index in [0.717, 1.165) is 18.7 Å². The second-order valence-corrected chi connectivity index (χ2v) is 6.02. The topological polar surface area (TPSA) is 53.7 Å². The lowest BCUT2D eigenvalue weighted by atomic mass is 10.1. The molecule has 0 spiro atoms. The van der Waals surface area contributed by atoms with Gasteiger partial charge in [0.2, 0.25) is 5.43 Å². The molecule has 1 N–H and O–H groups in total. The van der Waals surface area contributed by atoms with Crippen LogP contribution in [0.15, 0.2) is 45.6 Å². The SMILES string of the molecule is O=c1c2ccc(N3CC[C@H](O)C3)cc2oc2c(Cl)cccc12. The summed E-state index contributed by atoms with van der Waals surface area (Å²) in [6.45, 7) is 1.40. The Hall–Kier alpha value is -2.04. The van der Waals surface area contributed by atoms with Crippen molar-refractivity contribution in [3.63, 3.8) is 0 Å². The summed E-state index contributed by atoms with van der Waals surface area (Å²) in [5, 5.41) is 11.1. The van der Waals surface area contributed by atoms with E-state index in [9.17, 15) is 9.90 Å². The molecule has 4 rings (SSSR count). The number of anilines is 1. The van der Waals surface area contributed by atoms with E-state index in [0.29, 0.717) is 33.5 Å². The third-order valence-corrected chi connectivity index (χ3v) is 4.46. The normalized spacial score (nSPS) is 18.5. The molecule has 1 saturated heterocycles. The van der Waals surface area contributed by atoms with Gasteiger partial charge in [-0.1, -0.05) is 17.7 Å². The Morgan fingerprint density at radius 1 is 1.23 bits per heavy atom. The van der Waals surface area contributed by atoms with E-state index >= 15 is 0 Å². The molecular weight excluding hydrogens is 302 g/mol. The molecule has 2 heterocycles. The fraction of sp³-hybridized carbons (Fsp3) is 0.235. The van der Waals surface area contributed by atoms with Gasteiger partial charge in [0.25, 0.3) is 0 Å². The Morgan fingerprint density at radius 3 is 2.86 bits per heavy atom. The van der Waals surface area contributed by atoms with E-state index in [1.54, 1.807) is 24.3 Å². The van der Waals surface area contributed by atoms with Gasteiger partial charge in [-0.25, -0.2) is 0 Å². The van der Waals surface area contributed by atoms with Crippen LogP contribution in [0.3, 0.4) is 0 Å². The first-order valence-electron chi connectivity index (χ1n) is 7.21. The Bertz CT molecular complexity index is 934. The van der Waals surface area contributed by atoms with Crippen molar-refractivity contribution in [3.8, 4) is 0 Å². The molecule has 0 bridgehead atoms. The molecule has 112 valence electrons. The van der Waals surface area contributed by atoms with E-state index in [4.69, 9.17) is 16.0 Å². The van der Waals surface area contributed by atoms with Crippen LogP contribution in [-0.2, 0) is 0 Å². The first kappa shape index (κ1) is 13.6. The summed E-state index contributed by atoms with van der Waals surface area (Å²) in [7, 11) is 0. The molecule has 0 unspecified atom stereocenters. The van der Waals surface area contributed by atoms with Crippen LogP contribution in [0.2, 0.25) is 5.02 Å². The van der Waals surface area contributed by atoms with Crippen LogP contribution in [0.4, 0.5) is 5.69 Å². The van der Waals surface area contributed by atoms with Crippen molar-refractivity contribution in [1.29, 1.82) is 0 Å². The van der Waals surface area contributed by atoms with Gasteiger partial charge >= 0.3 is 0 Å². The summed E-state index contributed by atoms with van der Waals surface area (Å²) >= 11 is 6.14. The lowest BCUT2D eigenvalue weighted by Gasteiger charge is -2.18. The number of benzene rings is 2. The molecule has 0 amide bonds. The Labute approximate surface area is 131 Å². The summed E-state index contributed by atoms with van der Waals surface area (Å²) in [5.74, 6) is 0. The standard InChI is InChI=1S/C17H14ClNO3/c18-14-3-1-2-13-16(21)12-5-4-10(8-15(12)22-17(13)14)19-7-6-11(20)9-19/h1-5,8,11,20H,6-7,9H2/t11-/m0/s1. The molecule has 1 atom stereocenters. The predicted molar refractivity (Wildman–Crippen MR) is 87.8 cm³/mol. The van der Waals surface area contributed by atoms with E-state index in [2.05, 4.69) is 4.90 Å². The lowest BCUT2D eigenvalue weighted by molar-refractivity contribution is 0.198. The number of aliphatic hydroxyl groups excluding tert-OH is 1. The molecule has 1 aliphatic rings. The molecule has 5 heteroatoms. The minimum atomic E-state index is -0.297. The van der Waals surface area contributed by atoms with E-state index in [1.165, 1.54) is 0 Å². The lowest BCUT2D eigenvalue weighted by Crippen LogP contribution is -2.21. The van der Waals surface area contributed by atoms with Gasteiger partial charge in [0, 0.05) is 24.8 Å². The Kier molecular flexibility index (Phi) is 3.10. The molecule has 0 saturated carbocycles. The second-order valence-electron chi connectivity index (χ2n) is 5.62. The highest BCUT2D eigenvalue weighted by Crippen LogP contribution is 2.28. The van der Waals surface area contributed by atoms with Crippen LogP contribution < -0.4 is 10.3 Å². The number of hydrogen-bond acceptors (Lipinski definition) is 4. The van der Waals surface area contributed by atoms with Crippen LogP contribution in [0.5, 0.6) is 0 Å². The first-order chi connectivity index (χ1) is 10.6. The van der Waals surface area contributed by atoms with E-state index < -0.39 is 0 Å². The van der Waals surface area contributed by atoms with Crippen molar-refractivity contribution in [2.24, 2.45) is 0 Å². The zero-order valence-corrected chi connectivity index (χ0v) is 12.5. The maximum Gasteiger partial charge on any atom is 0.200 e. The van der Waals surface area contributed by atoms with Gasteiger partial charge in [-0.15, -0.1) is 0 Å². The van der Waals surface area contributed by atoms with Crippen molar-refractivity contribution < 1.29 is 9.52 Å². The van der Waals surface area contributed by atoms with Crippen molar-refractivity contribution in [1.82, 2.24) is 0 Å². The van der Waals surface area contributed by atoms with Crippen molar-refractivity contribution >= 4 is 39.2 Å². The molecular formula is C17H14ClNO3. The van der Waals surface area contributed by atoms with Gasteiger partial charge in [-0.3, -0.25) is 4.79 Å². The van der Waals surface area contributed by atoms with Gasteiger partial charge < -0.3 is 14.4 Å². The molecule has 3 aromatic rings. The van der Waals surface area contributed by atoms with Crippen LogP contribution in [0.1, 0.15) is 6.42 Å². The second kappa shape index (κ2) is 5.00. The molecule has 1 fully saturated rings. The fourth-order valence-corrected chi connectivity index (χ4v) is 3.22. The van der Waals surface area contributed by atoms with Gasteiger partial charge in [0.1, 0.15) is 5.58 Å². The quantitative estimate of drug-likeness (QED) is 0.701. The summed E-state index contributed by atoms with van der Waals surface area (Å²) in [6, 6.07) is 10.7. The molecule has 4 nitrogen and oxygen atoms in total. The van der Waals surface area contributed by atoms with Gasteiger partial charge in [0.15, 0.2) is 5.58 Å². The van der Waals surface area contributed by atoms with Crippen molar-refractivity contribution in [2.45, 2.75) is 12.5 Å². The minimum absolute atomic E-state index is 0.0771. The van der Waals surface area contributed by atoms with Crippen LogP contribution >= 0.6 is 11.6 Å². The van der Waals surface area contributed by atoms with Gasteiger partial charge in [-0.2, -0.15) is 0 Å². The molecule has 22 heavy (non-hydrogen) atoms. The monoisotopic (exact) mass is 315 g/mol. The summed E-state index contributed by atoms with van der Waals surface area (Å²) in [4.78, 5) is 14.6. The summed E-state index contributed by atoms with van der Waals surface area (Å²) in [6.07, 6.45) is 0.458. The number of aliphatic hydroxyl groups is 1. The largest absolute Gasteiger partial charge is 0.454 e. The predicted octanol–water partition coefficient (Wildman–Crippen LogP) is 3.17. The van der Waals surface area contributed by atoms with Crippen molar-refractivity contribution in [2.75, 3.05) is 18.0 Å². The van der Waals surface area contributed by atoms with Gasteiger partial charge in [0.05, 0.1) is 21.9 Å². The van der Waals surface area contributed by atoms with E-state index in [1.807, 2.05) is 12.1 Å². The smallest absolute Gasteiger partial charge is 0.200 e. The zero-order chi connectivity index (χ0) is 15.3. The maximum absolute atomic E-state index is 12.6. The average Bonchev–Trinajstić information content (AvgIpc) is 2.95. The van der Waals surface area contributed by atoms with Crippen LogP contribution in [0.25, 0.3) is 21.9 Å². The highest BCUT2D eigenvalue weighted by molar-refractivity contribution is 6.34. The number of β-amino-alcohol motifs (C(OH)–C–C–N with tert-alkyl or cyclic N) is 1. The highest BCUT2D eigenvalue weighted by atomic mass is 35.5. The van der Waals surface area contributed by atoms with Crippen LogP contribution in [-0.4, -0.2) is 24.3 Å². The Morgan fingerprint density at radius 2 is 2.09 bits per heavy atom. The third kappa shape index (κ3) is 2.07. The number of fused-ring (bicyclic) bond motifs is 2. The molecule has 1 aromatic heterocycles. The molecule has 2 aromatic carbocycles. The number of nitrogens with zero attached hydrogens (tertiary/aromatic N) is 1. The number of para-hydroxylation sites is 1. The fourth-order valence-electron chi connectivity index (χ4n) is 3.00. The molecule has 0 aliphatic carbocycles. The minimum Gasteiger partial charge on any atom is -0.454 e. The highest BCUT2D eigenvalue weighted by Gasteiger charge is 2.21. The average molecular weight is 316 g/mol. The zero-order valence-electron chi connectivity index (χ0n) is 11.8. The summed E-state index contributed by atoms with van der Waals surface area (Å²) < 4.78 is 5.86. The number of rotatable bonds is 1. The summed E-state index contributed by atoms with van der Waals surface area (Å²) in [5.41, 5.74) is 1.80. The first-order valence-corrected chi connectivity index (χ1v) is 7.59. The Balaban J connectivity index is 1.94. The van der Waals surface area contributed by atoms with Crippen LogP contribution in [0, 0.1) is 0 Å². The van der Waals surface area contributed by atoms with Crippen molar-refractivity contribution in [3.05, 3.63) is 51.6 Å². The number of hydrogen-bond donors (Lipinski definition) is 1. The third-order valence-electron chi connectivity index (χ3n) is 4.16. The molecule has 1 aliphatic heterocycles. The van der Waals surface area contributed by atoms with E-state index in [-0.39, 0.29) is 11.5 Å². The van der Waals surface area contributed by atoms with Gasteiger partial charge in [-0.05, 0) is 30.7 Å².